The summed E-state index contributed by atoms with van der Waals surface area (Å²) < 4.78 is 3.11. The van der Waals surface area contributed by atoms with Gasteiger partial charge in [0, 0.05) is 10.8 Å². The Kier molecular flexibility index (Phi) is 5.43. The van der Waals surface area contributed by atoms with E-state index in [1.807, 2.05) is 74.5 Å². The van der Waals surface area contributed by atoms with Crippen LogP contribution in [0.3, 0.4) is 0 Å². The number of benzene rings is 2. The zero-order valence-electron chi connectivity index (χ0n) is 21.0. The van der Waals surface area contributed by atoms with Crippen LogP contribution in [0, 0.1) is 32.1 Å². The molecular formula is C29H22N8O. The summed E-state index contributed by atoms with van der Waals surface area (Å²) in [7, 11) is 0. The summed E-state index contributed by atoms with van der Waals surface area (Å²) in [6.45, 7) is 5.80. The molecule has 1 amide bonds. The molecular weight excluding hydrogens is 476 g/mol. The smallest absolute Gasteiger partial charge is 0.260 e. The Balaban J connectivity index is 1.37. The number of fused-ring (bicyclic) bond motifs is 2. The zero-order valence-corrected chi connectivity index (χ0v) is 21.0. The summed E-state index contributed by atoms with van der Waals surface area (Å²) in [4.78, 5) is 22.9. The average Bonchev–Trinajstić information content (AvgIpc) is 3.52. The maximum Gasteiger partial charge on any atom is 0.260 e. The van der Waals surface area contributed by atoms with Crippen LogP contribution in [0.2, 0.25) is 0 Å². The number of aromatic nitrogens is 6. The number of carbonyl (C=O) groups excluding carboxylic acids is 1. The molecule has 0 aliphatic rings. The second kappa shape index (κ2) is 8.94. The van der Waals surface area contributed by atoms with E-state index in [0.717, 1.165) is 32.9 Å². The monoisotopic (exact) mass is 498 g/mol. The van der Waals surface area contributed by atoms with E-state index in [1.165, 1.54) is 17.1 Å². The molecule has 9 heteroatoms. The summed E-state index contributed by atoms with van der Waals surface area (Å²) in [5.41, 5.74) is 4.91. The molecule has 4 aromatic heterocycles. The van der Waals surface area contributed by atoms with Gasteiger partial charge in [-0.25, -0.2) is 14.6 Å². The van der Waals surface area contributed by atoms with Gasteiger partial charge in [0.05, 0.1) is 34.7 Å². The summed E-state index contributed by atoms with van der Waals surface area (Å²) >= 11 is 0. The fourth-order valence-electron chi connectivity index (χ4n) is 4.59. The van der Waals surface area contributed by atoms with Gasteiger partial charge < -0.3 is 5.32 Å². The van der Waals surface area contributed by atoms with Crippen LogP contribution >= 0.6 is 0 Å². The van der Waals surface area contributed by atoms with E-state index in [9.17, 15) is 10.1 Å². The van der Waals surface area contributed by atoms with E-state index in [1.54, 1.807) is 11.6 Å². The van der Waals surface area contributed by atoms with Crippen molar-refractivity contribution in [3.05, 3.63) is 101 Å². The van der Waals surface area contributed by atoms with Crippen LogP contribution in [0.1, 0.15) is 32.7 Å². The van der Waals surface area contributed by atoms with E-state index in [-0.39, 0.29) is 11.4 Å². The van der Waals surface area contributed by atoms with Gasteiger partial charge in [-0.1, -0.05) is 36.4 Å². The van der Waals surface area contributed by atoms with E-state index >= 15 is 0 Å². The topological polar surface area (TPSA) is 114 Å². The second-order valence-electron chi connectivity index (χ2n) is 9.07. The molecule has 6 aromatic rings. The van der Waals surface area contributed by atoms with Crippen molar-refractivity contribution in [1.82, 2.24) is 29.5 Å². The van der Waals surface area contributed by atoms with Crippen molar-refractivity contribution in [3.8, 4) is 17.7 Å². The van der Waals surface area contributed by atoms with Gasteiger partial charge in [0.1, 0.15) is 11.6 Å². The number of aryl methyl sites for hydroxylation is 2. The van der Waals surface area contributed by atoms with Crippen molar-refractivity contribution in [2.75, 3.05) is 5.32 Å². The molecule has 0 radical (unpaired) electrons. The predicted molar refractivity (Wildman–Crippen MR) is 145 cm³/mol. The van der Waals surface area contributed by atoms with Gasteiger partial charge in [0.2, 0.25) is 0 Å². The van der Waals surface area contributed by atoms with Crippen LogP contribution in [-0.2, 0) is 0 Å². The second-order valence-corrected chi connectivity index (χ2v) is 9.07. The number of hydrogen-bond acceptors (Lipinski definition) is 6. The van der Waals surface area contributed by atoms with Crippen molar-refractivity contribution in [2.24, 2.45) is 0 Å². The number of anilines is 1. The van der Waals surface area contributed by atoms with Crippen LogP contribution in [-0.4, -0.2) is 35.4 Å². The maximum absolute atomic E-state index is 13.4. The minimum absolute atomic E-state index is 0.226. The average molecular weight is 499 g/mol. The molecule has 0 aliphatic heterocycles. The van der Waals surface area contributed by atoms with Crippen LogP contribution < -0.4 is 5.32 Å². The van der Waals surface area contributed by atoms with Gasteiger partial charge in [-0.05, 0) is 56.2 Å². The lowest BCUT2D eigenvalue weighted by molar-refractivity contribution is 0.102. The third kappa shape index (κ3) is 3.76. The molecule has 6 rings (SSSR count). The molecule has 0 unspecified atom stereocenters. The van der Waals surface area contributed by atoms with E-state index in [4.69, 9.17) is 4.98 Å². The Morgan fingerprint density at radius 3 is 2.53 bits per heavy atom. The Morgan fingerprint density at radius 1 is 0.868 bits per heavy atom. The molecule has 0 atom stereocenters. The Labute approximate surface area is 218 Å². The highest BCUT2D eigenvalue weighted by Gasteiger charge is 2.21. The minimum atomic E-state index is -0.415. The summed E-state index contributed by atoms with van der Waals surface area (Å²) in [5, 5.41) is 23.4. The lowest BCUT2D eigenvalue weighted by Crippen LogP contribution is -2.17. The molecule has 0 spiro atoms. The van der Waals surface area contributed by atoms with Crippen molar-refractivity contribution in [1.29, 1.82) is 5.26 Å². The first-order valence-electron chi connectivity index (χ1n) is 12.0. The van der Waals surface area contributed by atoms with Gasteiger partial charge in [-0.3, -0.25) is 4.79 Å². The lowest BCUT2D eigenvalue weighted by atomic mass is 10.1. The molecule has 0 saturated heterocycles. The molecule has 1 N–H and O–H groups in total. The number of nitrogens with zero attached hydrogens (tertiary/aromatic N) is 7. The largest absolute Gasteiger partial charge is 0.305 e. The van der Waals surface area contributed by atoms with Gasteiger partial charge >= 0.3 is 0 Å². The molecule has 0 bridgehead atoms. The number of nitrogens with one attached hydrogen (secondary N) is 1. The lowest BCUT2D eigenvalue weighted by Gasteiger charge is -2.12. The van der Waals surface area contributed by atoms with Crippen molar-refractivity contribution >= 4 is 33.5 Å². The maximum atomic E-state index is 13.4. The fourth-order valence-corrected chi connectivity index (χ4v) is 4.59. The molecule has 184 valence electrons. The first-order valence-corrected chi connectivity index (χ1v) is 12.0. The molecule has 9 nitrogen and oxygen atoms in total. The molecule has 0 aliphatic carbocycles. The first kappa shape index (κ1) is 23.1. The number of amides is 1. The highest BCUT2D eigenvalue weighted by Crippen LogP contribution is 2.26. The van der Waals surface area contributed by atoms with Crippen LogP contribution in [0.5, 0.6) is 0 Å². The number of pyridine rings is 2. The van der Waals surface area contributed by atoms with Crippen LogP contribution in [0.4, 0.5) is 5.82 Å². The Hall–Kier alpha value is -5.36. The minimum Gasteiger partial charge on any atom is -0.305 e. The molecule has 38 heavy (non-hydrogen) atoms. The number of para-hydroxylation sites is 2. The Bertz CT molecular complexity index is 1930. The van der Waals surface area contributed by atoms with Gasteiger partial charge in [-0.2, -0.15) is 20.1 Å². The van der Waals surface area contributed by atoms with Crippen molar-refractivity contribution in [2.45, 2.75) is 20.8 Å². The Morgan fingerprint density at radius 2 is 1.68 bits per heavy atom. The van der Waals surface area contributed by atoms with Gasteiger partial charge in [-0.15, -0.1) is 0 Å². The van der Waals surface area contributed by atoms with E-state index in [2.05, 4.69) is 26.6 Å². The number of nitriles is 1. The highest BCUT2D eigenvalue weighted by molar-refractivity contribution is 6.05. The number of hydrogen-bond donors (Lipinski definition) is 1. The molecule has 0 fully saturated rings. The third-order valence-electron chi connectivity index (χ3n) is 6.63. The third-order valence-corrected chi connectivity index (χ3v) is 6.63. The van der Waals surface area contributed by atoms with E-state index < -0.39 is 5.91 Å². The number of rotatable bonds is 4. The van der Waals surface area contributed by atoms with Gasteiger partial charge in [0.15, 0.2) is 17.5 Å². The number of carbonyl (C=O) groups is 1. The van der Waals surface area contributed by atoms with Gasteiger partial charge in [0.25, 0.3) is 5.91 Å². The van der Waals surface area contributed by atoms with E-state index in [0.29, 0.717) is 22.9 Å². The molecule has 4 heterocycles. The quantitative estimate of drug-likeness (QED) is 0.357. The first-order chi connectivity index (χ1) is 18.4. The fraction of sp³-hybridized carbons (Fsp3) is 0.103. The summed E-state index contributed by atoms with van der Waals surface area (Å²) in [5.74, 6) is 0.942. The van der Waals surface area contributed by atoms with Crippen LogP contribution in [0.15, 0.2) is 73.1 Å². The molecule has 2 aromatic carbocycles. The summed E-state index contributed by atoms with van der Waals surface area (Å²) in [6, 6.07) is 21.7. The normalized spacial score (nSPS) is 11.1. The predicted octanol–water partition coefficient (Wildman–Crippen LogP) is 5.20. The summed E-state index contributed by atoms with van der Waals surface area (Å²) in [6.07, 6.45) is 2.92. The standard InChI is InChI=1S/C29H22N8O/c1-17-7-6-9-22-18(2)13-26(34-27(17)22)37-28(21(14-30)15-31-37)35-29(38)23-16-32-36(19(23)3)25-12-11-20-8-4-5-10-24(20)33-25/h4-13,15-16H,1-3H3,(H,35,38). The van der Waals surface area contributed by atoms with Crippen LogP contribution in [0.25, 0.3) is 33.4 Å². The molecule has 0 saturated carbocycles. The SMILES string of the molecule is Cc1cc(-n2ncc(C#N)c2NC(=O)c2cnn(-c3ccc4ccccc4n3)c2C)nc2c(C)cccc12. The highest BCUT2D eigenvalue weighted by atomic mass is 16.1. The zero-order chi connectivity index (χ0) is 26.4. The van der Waals surface area contributed by atoms with Crippen molar-refractivity contribution in [3.63, 3.8) is 0 Å². The van der Waals surface area contributed by atoms with Crippen molar-refractivity contribution < 1.29 is 4.79 Å².